The molecular formula is C11H13N3S. The first-order valence-electron chi connectivity index (χ1n) is 4.80. The van der Waals surface area contributed by atoms with E-state index in [0.717, 1.165) is 22.6 Å². The Labute approximate surface area is 93.0 Å². The molecule has 2 aromatic rings. The monoisotopic (exact) mass is 219 g/mol. The molecule has 0 aliphatic heterocycles. The van der Waals surface area contributed by atoms with Gasteiger partial charge < -0.3 is 5.73 Å². The van der Waals surface area contributed by atoms with E-state index in [1.165, 1.54) is 0 Å². The fourth-order valence-electron chi connectivity index (χ4n) is 1.45. The van der Waals surface area contributed by atoms with Crippen LogP contribution in [0.1, 0.15) is 24.2 Å². The van der Waals surface area contributed by atoms with E-state index in [1.54, 1.807) is 11.3 Å². The molecule has 4 heteroatoms. The van der Waals surface area contributed by atoms with Crippen molar-refractivity contribution in [3.8, 4) is 11.4 Å². The Kier molecular flexibility index (Phi) is 2.79. The fraction of sp³-hybridized carbons (Fsp3) is 0.273. The van der Waals surface area contributed by atoms with Gasteiger partial charge in [-0.1, -0.05) is 0 Å². The summed E-state index contributed by atoms with van der Waals surface area (Å²) in [7, 11) is 0. The smallest absolute Gasteiger partial charge is 0.160 e. The lowest BCUT2D eigenvalue weighted by atomic mass is 10.1. The fourth-order valence-corrected chi connectivity index (χ4v) is 2.09. The van der Waals surface area contributed by atoms with Crippen LogP contribution < -0.4 is 5.73 Å². The van der Waals surface area contributed by atoms with Crippen LogP contribution in [0.2, 0.25) is 0 Å². The number of rotatable bonds is 2. The Morgan fingerprint density at radius 2 is 2.27 bits per heavy atom. The van der Waals surface area contributed by atoms with E-state index in [2.05, 4.69) is 9.97 Å². The van der Waals surface area contributed by atoms with Gasteiger partial charge in [-0.2, -0.15) is 11.3 Å². The van der Waals surface area contributed by atoms with E-state index in [4.69, 9.17) is 5.73 Å². The molecule has 0 aromatic carbocycles. The number of nitrogens with two attached hydrogens (primary N) is 1. The minimum absolute atomic E-state index is 0.0125. The second kappa shape index (κ2) is 4.08. The lowest BCUT2D eigenvalue weighted by Gasteiger charge is -2.08. The average Bonchev–Trinajstić information content (AvgIpc) is 2.69. The van der Waals surface area contributed by atoms with Gasteiger partial charge in [-0.3, -0.25) is 0 Å². The predicted molar refractivity (Wildman–Crippen MR) is 62.7 cm³/mol. The van der Waals surface area contributed by atoms with Crippen molar-refractivity contribution in [2.45, 2.75) is 19.9 Å². The van der Waals surface area contributed by atoms with Gasteiger partial charge in [0.1, 0.15) is 0 Å². The first-order chi connectivity index (χ1) is 7.18. The van der Waals surface area contributed by atoms with Crippen LogP contribution in [0, 0.1) is 6.92 Å². The quantitative estimate of drug-likeness (QED) is 0.844. The molecule has 0 bridgehead atoms. The number of nitrogens with zero attached hydrogens (tertiary/aromatic N) is 2. The molecule has 0 fully saturated rings. The second-order valence-electron chi connectivity index (χ2n) is 3.54. The summed E-state index contributed by atoms with van der Waals surface area (Å²) in [5, 5.41) is 4.06. The van der Waals surface area contributed by atoms with Crippen molar-refractivity contribution in [1.82, 2.24) is 9.97 Å². The zero-order valence-corrected chi connectivity index (χ0v) is 9.58. The van der Waals surface area contributed by atoms with E-state index >= 15 is 0 Å². The van der Waals surface area contributed by atoms with E-state index in [9.17, 15) is 0 Å². The first kappa shape index (κ1) is 10.3. The molecule has 2 rings (SSSR count). The van der Waals surface area contributed by atoms with Gasteiger partial charge in [-0.25, -0.2) is 9.97 Å². The van der Waals surface area contributed by atoms with E-state index in [0.29, 0.717) is 0 Å². The lowest BCUT2D eigenvalue weighted by molar-refractivity contribution is 0.790. The van der Waals surface area contributed by atoms with Gasteiger partial charge in [-0.15, -0.1) is 0 Å². The summed E-state index contributed by atoms with van der Waals surface area (Å²) in [5.74, 6) is 0.776. The van der Waals surface area contributed by atoms with Crippen LogP contribution in [0.3, 0.4) is 0 Å². The van der Waals surface area contributed by atoms with Crippen molar-refractivity contribution in [3.63, 3.8) is 0 Å². The minimum Gasteiger partial charge on any atom is -0.324 e. The number of thiophene rings is 1. The van der Waals surface area contributed by atoms with Gasteiger partial charge in [0, 0.05) is 34.4 Å². The zero-order chi connectivity index (χ0) is 10.8. The highest BCUT2D eigenvalue weighted by molar-refractivity contribution is 7.08. The molecule has 78 valence electrons. The minimum atomic E-state index is -0.0125. The van der Waals surface area contributed by atoms with Crippen LogP contribution in [-0.2, 0) is 0 Å². The molecule has 0 amide bonds. The van der Waals surface area contributed by atoms with Crippen LogP contribution in [-0.4, -0.2) is 9.97 Å². The van der Waals surface area contributed by atoms with Crippen molar-refractivity contribution < 1.29 is 0 Å². The molecule has 15 heavy (non-hydrogen) atoms. The molecule has 1 atom stereocenters. The summed E-state index contributed by atoms with van der Waals surface area (Å²) in [6.45, 7) is 3.91. The van der Waals surface area contributed by atoms with Gasteiger partial charge in [0.25, 0.3) is 0 Å². The van der Waals surface area contributed by atoms with Crippen molar-refractivity contribution in [2.24, 2.45) is 5.73 Å². The van der Waals surface area contributed by atoms with Crippen molar-refractivity contribution in [3.05, 3.63) is 34.3 Å². The van der Waals surface area contributed by atoms with E-state index in [1.807, 2.05) is 36.9 Å². The zero-order valence-electron chi connectivity index (χ0n) is 8.77. The average molecular weight is 219 g/mol. The summed E-state index contributed by atoms with van der Waals surface area (Å²) < 4.78 is 0. The van der Waals surface area contributed by atoms with Gasteiger partial charge >= 0.3 is 0 Å². The maximum atomic E-state index is 5.81. The van der Waals surface area contributed by atoms with E-state index < -0.39 is 0 Å². The number of aryl methyl sites for hydroxylation is 1. The Bertz CT molecular complexity index is 449. The molecule has 0 saturated carbocycles. The third-order valence-corrected chi connectivity index (χ3v) is 2.97. The Hall–Kier alpha value is -1.26. The van der Waals surface area contributed by atoms with Crippen LogP contribution >= 0.6 is 11.3 Å². The number of hydrogen-bond acceptors (Lipinski definition) is 4. The standard InChI is InChI=1S/C11H13N3S/c1-7(12)10-5-13-11(14-8(10)2)9-3-4-15-6-9/h3-7H,12H2,1-2H3. The molecule has 0 spiro atoms. The van der Waals surface area contributed by atoms with Gasteiger partial charge in [0.05, 0.1) is 0 Å². The van der Waals surface area contributed by atoms with Crippen molar-refractivity contribution in [1.29, 1.82) is 0 Å². The molecular weight excluding hydrogens is 206 g/mol. The molecule has 3 nitrogen and oxygen atoms in total. The summed E-state index contributed by atoms with van der Waals surface area (Å²) >= 11 is 1.65. The summed E-state index contributed by atoms with van der Waals surface area (Å²) in [5.41, 5.74) is 8.84. The van der Waals surface area contributed by atoms with Crippen LogP contribution in [0.25, 0.3) is 11.4 Å². The SMILES string of the molecule is Cc1nc(-c2ccsc2)ncc1C(C)N. The topological polar surface area (TPSA) is 51.8 Å². The second-order valence-corrected chi connectivity index (χ2v) is 4.32. The molecule has 0 saturated heterocycles. The van der Waals surface area contributed by atoms with Crippen molar-refractivity contribution >= 4 is 11.3 Å². The predicted octanol–water partition coefficient (Wildman–Crippen LogP) is 2.53. The normalized spacial score (nSPS) is 12.7. The molecule has 1 unspecified atom stereocenters. The number of hydrogen-bond donors (Lipinski definition) is 1. The summed E-state index contributed by atoms with van der Waals surface area (Å²) in [6, 6.07) is 2.01. The van der Waals surface area contributed by atoms with Crippen LogP contribution in [0.4, 0.5) is 0 Å². The summed E-state index contributed by atoms with van der Waals surface area (Å²) in [4.78, 5) is 8.77. The third-order valence-electron chi connectivity index (χ3n) is 2.29. The first-order valence-corrected chi connectivity index (χ1v) is 5.74. The molecule has 0 radical (unpaired) electrons. The van der Waals surface area contributed by atoms with Gasteiger partial charge in [-0.05, 0) is 25.3 Å². The highest BCUT2D eigenvalue weighted by atomic mass is 32.1. The van der Waals surface area contributed by atoms with E-state index in [-0.39, 0.29) is 6.04 Å². The maximum Gasteiger partial charge on any atom is 0.160 e. The number of aromatic nitrogens is 2. The molecule has 2 N–H and O–H groups in total. The molecule has 0 aliphatic carbocycles. The largest absolute Gasteiger partial charge is 0.324 e. The Morgan fingerprint density at radius 1 is 1.47 bits per heavy atom. The third kappa shape index (κ3) is 2.06. The molecule has 0 aliphatic rings. The Morgan fingerprint density at radius 3 is 2.80 bits per heavy atom. The molecule has 2 aromatic heterocycles. The maximum absolute atomic E-state index is 5.81. The highest BCUT2D eigenvalue weighted by Crippen LogP contribution is 2.20. The lowest BCUT2D eigenvalue weighted by Crippen LogP contribution is -2.09. The summed E-state index contributed by atoms with van der Waals surface area (Å²) in [6.07, 6.45) is 1.82. The van der Waals surface area contributed by atoms with Gasteiger partial charge in [0.15, 0.2) is 5.82 Å². The highest BCUT2D eigenvalue weighted by Gasteiger charge is 2.08. The van der Waals surface area contributed by atoms with Crippen molar-refractivity contribution in [2.75, 3.05) is 0 Å². The van der Waals surface area contributed by atoms with Crippen LogP contribution in [0.5, 0.6) is 0 Å². The molecule has 2 heterocycles. The van der Waals surface area contributed by atoms with Crippen LogP contribution in [0.15, 0.2) is 23.0 Å². The Balaban J connectivity index is 2.42. The van der Waals surface area contributed by atoms with Gasteiger partial charge in [0.2, 0.25) is 0 Å².